The molecule has 2 heterocycles. The summed E-state index contributed by atoms with van der Waals surface area (Å²) in [5.74, 6) is -3.78. The van der Waals surface area contributed by atoms with Gasteiger partial charge >= 0.3 is 0 Å². The predicted molar refractivity (Wildman–Crippen MR) is 71.7 cm³/mol. The largest absolute Gasteiger partial charge is 0.381 e. The molecule has 2 aliphatic rings. The van der Waals surface area contributed by atoms with Crippen LogP contribution in [0.5, 0.6) is 0 Å². The Morgan fingerprint density at radius 1 is 1.05 bits per heavy atom. The molecule has 1 aromatic rings. The highest BCUT2D eigenvalue weighted by molar-refractivity contribution is 5.46. The van der Waals surface area contributed by atoms with Crippen molar-refractivity contribution in [1.82, 2.24) is 0 Å². The molecule has 21 heavy (non-hydrogen) atoms. The van der Waals surface area contributed by atoms with Crippen LogP contribution in [0.4, 0.5) is 18.9 Å². The lowest BCUT2D eigenvalue weighted by molar-refractivity contribution is -0.135. The maximum absolute atomic E-state index is 13.7. The normalized spacial score (nSPS) is 25.0. The van der Waals surface area contributed by atoms with E-state index in [0.717, 1.165) is 25.3 Å². The molecule has 0 aromatic heterocycles. The summed E-state index contributed by atoms with van der Waals surface area (Å²) < 4.78 is 51.2. The van der Waals surface area contributed by atoms with Crippen LogP contribution in [0.3, 0.4) is 0 Å². The van der Waals surface area contributed by atoms with Crippen LogP contribution in [0.2, 0.25) is 0 Å². The van der Waals surface area contributed by atoms with Crippen LogP contribution >= 0.6 is 0 Å². The minimum absolute atomic E-state index is 0.00279. The van der Waals surface area contributed by atoms with Gasteiger partial charge in [-0.25, -0.2) is 13.2 Å². The SMILES string of the molecule is Fc1ccc(NC2CCOC3(CCOCC3)C2)c(F)c1F. The maximum atomic E-state index is 13.7. The van der Waals surface area contributed by atoms with E-state index in [1.54, 1.807) is 0 Å². The molecule has 3 rings (SSSR count). The highest BCUT2D eigenvalue weighted by Gasteiger charge is 2.39. The fraction of sp³-hybridized carbons (Fsp3) is 0.600. The topological polar surface area (TPSA) is 30.5 Å². The van der Waals surface area contributed by atoms with Gasteiger partial charge in [0.25, 0.3) is 0 Å². The van der Waals surface area contributed by atoms with Crippen LogP contribution in [-0.2, 0) is 9.47 Å². The average molecular weight is 301 g/mol. The van der Waals surface area contributed by atoms with Gasteiger partial charge in [0.1, 0.15) is 0 Å². The molecule has 1 atom stereocenters. The molecule has 1 spiro atoms. The molecule has 116 valence electrons. The fourth-order valence-electron chi connectivity index (χ4n) is 3.10. The first kappa shape index (κ1) is 14.7. The molecule has 0 amide bonds. The zero-order valence-corrected chi connectivity index (χ0v) is 11.6. The van der Waals surface area contributed by atoms with E-state index in [0.29, 0.717) is 26.2 Å². The number of nitrogens with one attached hydrogen (secondary N) is 1. The molecular weight excluding hydrogens is 283 g/mol. The Kier molecular flexibility index (Phi) is 4.08. The molecule has 2 aliphatic heterocycles. The highest BCUT2D eigenvalue weighted by atomic mass is 19.2. The zero-order valence-electron chi connectivity index (χ0n) is 11.6. The van der Waals surface area contributed by atoms with Crippen molar-refractivity contribution >= 4 is 5.69 Å². The molecule has 1 aromatic carbocycles. The summed E-state index contributed by atoms with van der Waals surface area (Å²) in [4.78, 5) is 0. The third kappa shape index (κ3) is 3.01. The summed E-state index contributed by atoms with van der Waals surface area (Å²) in [5, 5.41) is 2.99. The Hall–Kier alpha value is -1.27. The van der Waals surface area contributed by atoms with Gasteiger partial charge in [0.2, 0.25) is 0 Å². The molecule has 2 saturated heterocycles. The van der Waals surface area contributed by atoms with E-state index in [-0.39, 0.29) is 17.3 Å². The van der Waals surface area contributed by atoms with Gasteiger partial charge in [-0.3, -0.25) is 0 Å². The minimum atomic E-state index is -1.44. The number of rotatable bonds is 2. The van der Waals surface area contributed by atoms with Crippen molar-refractivity contribution in [2.45, 2.75) is 37.3 Å². The van der Waals surface area contributed by atoms with Crippen LogP contribution in [0.1, 0.15) is 25.7 Å². The van der Waals surface area contributed by atoms with Crippen molar-refractivity contribution in [3.05, 3.63) is 29.6 Å². The van der Waals surface area contributed by atoms with Crippen molar-refractivity contribution in [2.24, 2.45) is 0 Å². The lowest BCUT2D eigenvalue weighted by Gasteiger charge is -2.43. The Labute approximate surface area is 121 Å². The molecule has 1 N–H and O–H groups in total. The Balaban J connectivity index is 1.71. The number of hydrogen-bond donors (Lipinski definition) is 1. The number of benzene rings is 1. The minimum Gasteiger partial charge on any atom is -0.381 e. The van der Waals surface area contributed by atoms with E-state index in [4.69, 9.17) is 9.47 Å². The van der Waals surface area contributed by atoms with Crippen molar-refractivity contribution in [2.75, 3.05) is 25.1 Å². The summed E-state index contributed by atoms with van der Waals surface area (Å²) in [5.41, 5.74) is -0.230. The van der Waals surface area contributed by atoms with Crippen LogP contribution in [0, 0.1) is 17.5 Å². The number of ether oxygens (including phenoxy) is 2. The first-order valence-corrected chi connectivity index (χ1v) is 7.21. The smallest absolute Gasteiger partial charge is 0.196 e. The lowest BCUT2D eigenvalue weighted by Crippen LogP contribution is -2.47. The summed E-state index contributed by atoms with van der Waals surface area (Å²) in [6, 6.07) is 2.15. The van der Waals surface area contributed by atoms with E-state index >= 15 is 0 Å². The second-order valence-corrected chi connectivity index (χ2v) is 5.70. The lowest BCUT2D eigenvalue weighted by atomic mass is 9.84. The monoisotopic (exact) mass is 301 g/mol. The number of anilines is 1. The molecule has 0 bridgehead atoms. The summed E-state index contributed by atoms with van der Waals surface area (Å²) in [6.45, 7) is 1.89. The van der Waals surface area contributed by atoms with Crippen molar-refractivity contribution in [1.29, 1.82) is 0 Å². The molecule has 2 fully saturated rings. The Morgan fingerprint density at radius 3 is 2.57 bits per heavy atom. The van der Waals surface area contributed by atoms with Gasteiger partial charge < -0.3 is 14.8 Å². The quantitative estimate of drug-likeness (QED) is 0.851. The van der Waals surface area contributed by atoms with E-state index < -0.39 is 17.5 Å². The Bertz CT molecular complexity index is 512. The molecule has 6 heteroatoms. The van der Waals surface area contributed by atoms with E-state index in [9.17, 15) is 13.2 Å². The second-order valence-electron chi connectivity index (χ2n) is 5.70. The van der Waals surface area contributed by atoms with Gasteiger partial charge in [-0.1, -0.05) is 0 Å². The Morgan fingerprint density at radius 2 is 1.81 bits per heavy atom. The first-order chi connectivity index (χ1) is 10.1. The van der Waals surface area contributed by atoms with Crippen molar-refractivity contribution in [3.63, 3.8) is 0 Å². The molecule has 3 nitrogen and oxygen atoms in total. The van der Waals surface area contributed by atoms with Gasteiger partial charge in [-0.2, -0.15) is 0 Å². The number of halogens is 3. The van der Waals surface area contributed by atoms with Crippen molar-refractivity contribution in [3.8, 4) is 0 Å². The second kappa shape index (κ2) is 5.85. The van der Waals surface area contributed by atoms with E-state index in [2.05, 4.69) is 5.32 Å². The average Bonchev–Trinajstić information content (AvgIpc) is 2.49. The molecular formula is C15H18F3NO2. The van der Waals surface area contributed by atoms with E-state index in [1.807, 2.05) is 0 Å². The maximum Gasteiger partial charge on any atom is 0.196 e. The van der Waals surface area contributed by atoms with Crippen LogP contribution in [-0.4, -0.2) is 31.5 Å². The summed E-state index contributed by atoms with van der Waals surface area (Å²) in [6.07, 6.45) is 3.05. The van der Waals surface area contributed by atoms with Gasteiger partial charge in [-0.05, 0) is 37.8 Å². The van der Waals surface area contributed by atoms with Crippen LogP contribution in [0.15, 0.2) is 12.1 Å². The molecule has 1 unspecified atom stereocenters. The highest BCUT2D eigenvalue weighted by Crippen LogP contribution is 2.35. The van der Waals surface area contributed by atoms with Gasteiger partial charge in [0, 0.05) is 25.9 Å². The van der Waals surface area contributed by atoms with Crippen molar-refractivity contribution < 1.29 is 22.6 Å². The zero-order chi connectivity index (χ0) is 14.9. The third-order valence-corrected chi connectivity index (χ3v) is 4.29. The molecule has 0 aliphatic carbocycles. The molecule has 0 radical (unpaired) electrons. The first-order valence-electron chi connectivity index (χ1n) is 7.21. The van der Waals surface area contributed by atoms with E-state index in [1.165, 1.54) is 6.07 Å². The van der Waals surface area contributed by atoms with Crippen LogP contribution < -0.4 is 5.32 Å². The summed E-state index contributed by atoms with van der Waals surface area (Å²) >= 11 is 0. The van der Waals surface area contributed by atoms with Gasteiger partial charge in [0.05, 0.1) is 11.3 Å². The fourth-order valence-corrected chi connectivity index (χ4v) is 3.10. The standard InChI is InChI=1S/C15H18F3NO2/c16-11-1-2-12(14(18)13(11)17)19-10-3-6-21-15(9-10)4-7-20-8-5-15/h1-2,10,19H,3-9H2. The van der Waals surface area contributed by atoms with Gasteiger partial charge in [0.15, 0.2) is 17.5 Å². The number of hydrogen-bond acceptors (Lipinski definition) is 3. The predicted octanol–water partition coefficient (Wildman–Crippen LogP) is 3.24. The summed E-state index contributed by atoms with van der Waals surface area (Å²) in [7, 11) is 0. The third-order valence-electron chi connectivity index (χ3n) is 4.29. The van der Waals surface area contributed by atoms with Gasteiger partial charge in [-0.15, -0.1) is 0 Å². The van der Waals surface area contributed by atoms with Crippen LogP contribution in [0.25, 0.3) is 0 Å². The molecule has 0 saturated carbocycles.